The SMILES string of the molecule is CN=C(N)N1C=C[C@H](CNC)[C@@]2(C1)[C@@H]1CC[C@@H](C)[C@]23C[C@](O)(COC2CCCC2)C(C(=O)O)=C3C1. The van der Waals surface area contributed by atoms with E-state index in [9.17, 15) is 15.0 Å². The Morgan fingerprint density at radius 3 is 2.71 bits per heavy atom. The van der Waals surface area contributed by atoms with E-state index in [1.54, 1.807) is 7.05 Å². The van der Waals surface area contributed by atoms with Crippen LogP contribution in [0.1, 0.15) is 58.3 Å². The normalized spacial score (nSPS) is 41.3. The molecule has 8 heteroatoms. The molecule has 0 aromatic heterocycles. The third-order valence-electron chi connectivity index (χ3n) is 10.3. The number of guanidine groups is 1. The van der Waals surface area contributed by atoms with Gasteiger partial charge >= 0.3 is 5.97 Å². The highest BCUT2D eigenvalue weighted by atomic mass is 16.5. The molecule has 1 aliphatic heterocycles. The third-order valence-corrected chi connectivity index (χ3v) is 10.3. The second kappa shape index (κ2) is 8.89. The number of carbonyl (C=O) groups is 1. The molecule has 3 saturated carbocycles. The summed E-state index contributed by atoms with van der Waals surface area (Å²) in [6.45, 7) is 3.81. The number of carboxylic acids is 1. The van der Waals surface area contributed by atoms with E-state index in [4.69, 9.17) is 10.5 Å². The van der Waals surface area contributed by atoms with Crippen LogP contribution in [0.2, 0.25) is 0 Å². The molecule has 35 heavy (non-hydrogen) atoms. The van der Waals surface area contributed by atoms with E-state index in [1.165, 1.54) is 0 Å². The zero-order chi connectivity index (χ0) is 25.0. The summed E-state index contributed by atoms with van der Waals surface area (Å²) in [5.41, 5.74) is 5.36. The van der Waals surface area contributed by atoms with Gasteiger partial charge in [-0.2, -0.15) is 0 Å². The van der Waals surface area contributed by atoms with Crippen molar-refractivity contribution in [3.63, 3.8) is 0 Å². The molecule has 5 rings (SSSR count). The van der Waals surface area contributed by atoms with Crippen LogP contribution in [-0.2, 0) is 9.53 Å². The van der Waals surface area contributed by atoms with Crippen LogP contribution in [0.4, 0.5) is 0 Å². The minimum Gasteiger partial charge on any atom is -0.478 e. The fraction of sp³-hybridized carbons (Fsp3) is 0.778. The lowest BCUT2D eigenvalue weighted by Gasteiger charge is -2.61. The summed E-state index contributed by atoms with van der Waals surface area (Å²) in [6.07, 6.45) is 11.9. The molecule has 2 spiro atoms. The Bertz CT molecular complexity index is 957. The molecule has 0 radical (unpaired) electrons. The van der Waals surface area contributed by atoms with Crippen LogP contribution < -0.4 is 11.1 Å². The van der Waals surface area contributed by atoms with Gasteiger partial charge in [0.05, 0.1) is 18.3 Å². The second-order valence-electron chi connectivity index (χ2n) is 11.7. The van der Waals surface area contributed by atoms with Crippen molar-refractivity contribution in [3.8, 4) is 0 Å². The van der Waals surface area contributed by atoms with Gasteiger partial charge in [-0.05, 0) is 68.9 Å². The van der Waals surface area contributed by atoms with Crippen LogP contribution in [0.15, 0.2) is 28.4 Å². The molecule has 4 aliphatic carbocycles. The first-order valence-electron chi connectivity index (χ1n) is 13.4. The van der Waals surface area contributed by atoms with Gasteiger partial charge < -0.3 is 30.9 Å². The first kappa shape index (κ1) is 24.8. The smallest absolute Gasteiger partial charge is 0.334 e. The van der Waals surface area contributed by atoms with Gasteiger partial charge in [0, 0.05) is 37.2 Å². The van der Waals surface area contributed by atoms with Crippen molar-refractivity contribution in [2.75, 3.05) is 33.8 Å². The standard InChI is InChI=1S/C27H42N4O4/c1-17-8-9-18-12-21-22(23(32)33)25(34,16-35-20-6-4-5-7-20)14-26(17,21)27(18)15-31(24(28)30-3)11-10-19(27)13-29-2/h10-11,17-20,29,34H,4-9,12-16H2,1-3H3,(H2,28,30)(H,32,33)/t17-,18-,19-,25+,26+,27-/m1/s1. The third kappa shape index (κ3) is 3.43. The van der Waals surface area contributed by atoms with Crippen molar-refractivity contribution < 1.29 is 19.7 Å². The highest BCUT2D eigenvalue weighted by Gasteiger charge is 2.74. The van der Waals surface area contributed by atoms with Crippen molar-refractivity contribution in [1.82, 2.24) is 10.2 Å². The Balaban J connectivity index is 1.64. The number of allylic oxidation sites excluding steroid dienone is 1. The average molecular weight is 487 g/mol. The van der Waals surface area contributed by atoms with Gasteiger partial charge in [-0.1, -0.05) is 25.8 Å². The molecule has 6 atom stereocenters. The number of rotatable bonds is 6. The van der Waals surface area contributed by atoms with Crippen LogP contribution >= 0.6 is 0 Å². The van der Waals surface area contributed by atoms with Crippen LogP contribution in [0.3, 0.4) is 0 Å². The molecule has 0 aromatic carbocycles. The van der Waals surface area contributed by atoms with E-state index in [2.05, 4.69) is 23.3 Å². The number of hydrogen-bond donors (Lipinski definition) is 4. The molecule has 1 heterocycles. The van der Waals surface area contributed by atoms with E-state index in [0.29, 0.717) is 24.8 Å². The van der Waals surface area contributed by atoms with Crippen molar-refractivity contribution in [3.05, 3.63) is 23.4 Å². The fourth-order valence-electron chi connectivity index (χ4n) is 8.92. The molecule has 0 unspecified atom stereocenters. The molecule has 3 fully saturated rings. The van der Waals surface area contributed by atoms with Crippen molar-refractivity contribution in [1.29, 1.82) is 0 Å². The first-order chi connectivity index (χ1) is 16.7. The predicted molar refractivity (Wildman–Crippen MR) is 135 cm³/mol. The number of hydrogen-bond acceptors (Lipinski definition) is 5. The maximum Gasteiger partial charge on any atom is 0.334 e. The zero-order valence-corrected chi connectivity index (χ0v) is 21.4. The summed E-state index contributed by atoms with van der Waals surface area (Å²) >= 11 is 0. The second-order valence-corrected chi connectivity index (χ2v) is 11.7. The van der Waals surface area contributed by atoms with E-state index >= 15 is 0 Å². The van der Waals surface area contributed by atoms with Crippen LogP contribution in [-0.4, -0.2) is 72.5 Å². The summed E-state index contributed by atoms with van der Waals surface area (Å²) < 4.78 is 6.21. The number of nitrogens with one attached hydrogen (secondary N) is 1. The summed E-state index contributed by atoms with van der Waals surface area (Å²) in [6, 6.07) is 0. The molecular weight excluding hydrogens is 444 g/mol. The molecule has 5 N–H and O–H groups in total. The topological polar surface area (TPSA) is 120 Å². The molecule has 5 aliphatic rings. The van der Waals surface area contributed by atoms with E-state index in [-0.39, 0.29) is 35.5 Å². The van der Waals surface area contributed by atoms with Crippen molar-refractivity contribution in [2.24, 2.45) is 39.3 Å². The van der Waals surface area contributed by atoms with Gasteiger partial charge in [-0.3, -0.25) is 4.99 Å². The Morgan fingerprint density at radius 2 is 2.06 bits per heavy atom. The van der Waals surface area contributed by atoms with E-state index < -0.39 is 17.0 Å². The monoisotopic (exact) mass is 486 g/mol. The molecular formula is C27H42N4O4. The molecule has 8 nitrogen and oxygen atoms in total. The number of nitrogens with two attached hydrogens (primary N) is 1. The molecule has 194 valence electrons. The number of ether oxygens (including phenoxy) is 1. The zero-order valence-electron chi connectivity index (χ0n) is 21.4. The summed E-state index contributed by atoms with van der Waals surface area (Å²) in [7, 11) is 3.68. The molecule has 0 aromatic rings. The molecule has 0 saturated heterocycles. The van der Waals surface area contributed by atoms with Gasteiger partial charge in [-0.25, -0.2) is 4.79 Å². The summed E-state index contributed by atoms with van der Waals surface area (Å²) in [5, 5.41) is 26.0. The Kier molecular flexibility index (Phi) is 6.29. The van der Waals surface area contributed by atoms with Crippen LogP contribution in [0.25, 0.3) is 0 Å². The minimum absolute atomic E-state index is 0.0623. The Morgan fingerprint density at radius 1 is 1.31 bits per heavy atom. The first-order valence-corrected chi connectivity index (χ1v) is 13.4. The average Bonchev–Trinajstić information content (AvgIpc) is 3.47. The maximum atomic E-state index is 12.8. The number of aliphatic hydroxyl groups is 1. The fourth-order valence-corrected chi connectivity index (χ4v) is 8.92. The lowest BCUT2D eigenvalue weighted by Crippen LogP contribution is -2.62. The van der Waals surface area contributed by atoms with Crippen molar-refractivity contribution in [2.45, 2.75) is 70.0 Å². The van der Waals surface area contributed by atoms with Crippen molar-refractivity contribution >= 4 is 11.9 Å². The highest BCUT2D eigenvalue weighted by molar-refractivity contribution is 5.92. The molecule has 2 bridgehead atoms. The Labute approximate surface area is 208 Å². The quantitative estimate of drug-likeness (QED) is 0.336. The lowest BCUT2D eigenvalue weighted by atomic mass is 9.46. The van der Waals surface area contributed by atoms with E-state index in [0.717, 1.165) is 57.1 Å². The maximum absolute atomic E-state index is 12.8. The van der Waals surface area contributed by atoms with Crippen LogP contribution in [0.5, 0.6) is 0 Å². The van der Waals surface area contributed by atoms with Gasteiger partial charge in [0.1, 0.15) is 5.60 Å². The summed E-state index contributed by atoms with van der Waals surface area (Å²) in [5.74, 6) is 0.260. The number of carboxylic acid groups (broad SMARTS) is 1. The highest BCUT2D eigenvalue weighted by Crippen LogP contribution is 2.77. The van der Waals surface area contributed by atoms with Gasteiger partial charge in [0.15, 0.2) is 5.96 Å². The lowest BCUT2D eigenvalue weighted by molar-refractivity contribution is -0.141. The van der Waals surface area contributed by atoms with E-state index in [1.807, 2.05) is 18.1 Å². The van der Waals surface area contributed by atoms with Gasteiger partial charge in [0.2, 0.25) is 0 Å². The van der Waals surface area contributed by atoms with Gasteiger partial charge in [-0.15, -0.1) is 0 Å². The number of aliphatic carboxylic acids is 1. The Hall–Kier alpha value is -1.90. The number of aliphatic imine (C=N–C) groups is 1. The van der Waals surface area contributed by atoms with Gasteiger partial charge in [0.25, 0.3) is 0 Å². The number of nitrogens with zero attached hydrogens (tertiary/aromatic N) is 2. The largest absolute Gasteiger partial charge is 0.478 e. The summed E-state index contributed by atoms with van der Waals surface area (Å²) in [4.78, 5) is 19.1. The molecule has 0 amide bonds. The minimum atomic E-state index is -1.48. The van der Waals surface area contributed by atoms with Crippen LogP contribution in [0, 0.1) is 28.6 Å². The predicted octanol–water partition coefficient (Wildman–Crippen LogP) is 2.49.